The summed E-state index contributed by atoms with van der Waals surface area (Å²) in [7, 11) is 1.60. The molecule has 1 aromatic heterocycles. The third-order valence-corrected chi connectivity index (χ3v) is 5.52. The Bertz CT molecular complexity index is 897. The van der Waals surface area contributed by atoms with Crippen LogP contribution in [0.3, 0.4) is 0 Å². The van der Waals surface area contributed by atoms with Crippen LogP contribution in [0.25, 0.3) is 5.69 Å². The van der Waals surface area contributed by atoms with Crippen molar-refractivity contribution in [2.24, 2.45) is 0 Å². The summed E-state index contributed by atoms with van der Waals surface area (Å²) in [5, 5.41) is 7.74. The van der Waals surface area contributed by atoms with Crippen molar-refractivity contribution in [1.82, 2.24) is 14.7 Å². The molecule has 182 valence electrons. The van der Waals surface area contributed by atoms with Crippen molar-refractivity contribution in [3.05, 3.63) is 41.6 Å². The smallest absolute Gasteiger partial charge is 0.245 e. The number of aryl methyl sites for hydroxylation is 1. The van der Waals surface area contributed by atoms with Gasteiger partial charge in [0.05, 0.1) is 24.5 Å². The highest BCUT2D eigenvalue weighted by molar-refractivity contribution is 5.94. The van der Waals surface area contributed by atoms with Gasteiger partial charge in [0, 0.05) is 31.6 Å². The van der Waals surface area contributed by atoms with Crippen LogP contribution in [0.15, 0.2) is 30.3 Å². The second-order valence-electron chi connectivity index (χ2n) is 9.58. The van der Waals surface area contributed by atoms with Gasteiger partial charge in [-0.3, -0.25) is 9.59 Å². The van der Waals surface area contributed by atoms with Crippen LogP contribution >= 0.6 is 0 Å². The zero-order valence-corrected chi connectivity index (χ0v) is 21.1. The van der Waals surface area contributed by atoms with E-state index < -0.39 is 0 Å². The van der Waals surface area contributed by atoms with Crippen LogP contribution in [0.4, 0.5) is 5.82 Å². The minimum absolute atomic E-state index is 0.0132. The maximum Gasteiger partial charge on any atom is 0.245 e. The minimum Gasteiger partial charge on any atom is -0.383 e. The van der Waals surface area contributed by atoms with E-state index in [1.54, 1.807) is 16.7 Å². The molecule has 2 rings (SSSR count). The molecule has 0 aliphatic rings. The predicted octanol–water partition coefficient (Wildman–Crippen LogP) is 4.86. The van der Waals surface area contributed by atoms with E-state index in [0.29, 0.717) is 25.4 Å². The first kappa shape index (κ1) is 26.6. The van der Waals surface area contributed by atoms with Crippen LogP contribution in [-0.2, 0) is 19.7 Å². The van der Waals surface area contributed by atoms with Crippen LogP contribution in [-0.4, -0.2) is 53.3 Å². The molecule has 33 heavy (non-hydrogen) atoms. The number of nitrogens with zero attached hydrogens (tertiary/aromatic N) is 3. The van der Waals surface area contributed by atoms with E-state index in [1.165, 1.54) is 0 Å². The fourth-order valence-corrected chi connectivity index (χ4v) is 3.43. The molecule has 0 saturated carbocycles. The molecule has 0 bridgehead atoms. The standard InChI is InChI=1S/C26H40N4O3/c1-7-8-9-10-11-25(32)29(16-17-33-6)19-24(31)27-23-18-22(26(3,4)5)28-30(23)21-14-12-20(2)13-15-21/h12-15,18H,7-11,16-17,19H2,1-6H3,(H,27,31). The van der Waals surface area contributed by atoms with Crippen molar-refractivity contribution in [2.75, 3.05) is 32.1 Å². The topological polar surface area (TPSA) is 76.5 Å². The number of hydrogen-bond donors (Lipinski definition) is 1. The first-order valence-corrected chi connectivity index (χ1v) is 11.9. The van der Waals surface area contributed by atoms with Crippen LogP contribution in [0.2, 0.25) is 0 Å². The molecule has 0 unspecified atom stereocenters. The number of hydrogen-bond acceptors (Lipinski definition) is 4. The minimum atomic E-state index is -0.248. The molecular weight excluding hydrogens is 416 g/mol. The Morgan fingerprint density at radius 3 is 2.42 bits per heavy atom. The molecule has 7 heteroatoms. The fraction of sp³-hybridized carbons (Fsp3) is 0.577. The highest BCUT2D eigenvalue weighted by Crippen LogP contribution is 2.26. The number of carbonyl (C=O) groups excluding carboxylic acids is 2. The molecule has 0 fully saturated rings. The first-order valence-electron chi connectivity index (χ1n) is 11.9. The van der Waals surface area contributed by atoms with Gasteiger partial charge in [-0.25, -0.2) is 4.68 Å². The molecule has 2 aromatic rings. The van der Waals surface area contributed by atoms with Crippen molar-refractivity contribution in [3.63, 3.8) is 0 Å². The number of rotatable bonds is 12. The van der Waals surface area contributed by atoms with Gasteiger partial charge in [-0.15, -0.1) is 0 Å². The average Bonchev–Trinajstić information content (AvgIpc) is 3.18. The third kappa shape index (κ3) is 8.31. The molecule has 0 aliphatic heterocycles. The molecule has 2 amide bonds. The van der Waals surface area contributed by atoms with Gasteiger partial charge in [-0.2, -0.15) is 5.10 Å². The van der Waals surface area contributed by atoms with Crippen LogP contribution < -0.4 is 5.32 Å². The van der Waals surface area contributed by atoms with Gasteiger partial charge in [0.15, 0.2) is 0 Å². The molecule has 1 N–H and O–H groups in total. The summed E-state index contributed by atoms with van der Waals surface area (Å²) < 4.78 is 6.91. The quantitative estimate of drug-likeness (QED) is 0.463. The summed E-state index contributed by atoms with van der Waals surface area (Å²) >= 11 is 0. The number of unbranched alkanes of at least 4 members (excludes halogenated alkanes) is 3. The Morgan fingerprint density at radius 1 is 1.12 bits per heavy atom. The molecule has 0 radical (unpaired) electrons. The van der Waals surface area contributed by atoms with Gasteiger partial charge in [-0.05, 0) is 25.5 Å². The third-order valence-electron chi connectivity index (χ3n) is 5.52. The van der Waals surface area contributed by atoms with Crippen molar-refractivity contribution in [2.45, 2.75) is 72.1 Å². The fourth-order valence-electron chi connectivity index (χ4n) is 3.43. The molecular formula is C26H40N4O3. The second-order valence-corrected chi connectivity index (χ2v) is 9.58. The number of aromatic nitrogens is 2. The van der Waals surface area contributed by atoms with Crippen molar-refractivity contribution in [3.8, 4) is 5.69 Å². The maximum atomic E-state index is 13.0. The van der Waals surface area contributed by atoms with Gasteiger partial charge in [0.1, 0.15) is 5.82 Å². The molecule has 7 nitrogen and oxygen atoms in total. The lowest BCUT2D eigenvalue weighted by Gasteiger charge is -2.22. The number of benzene rings is 1. The predicted molar refractivity (Wildman–Crippen MR) is 133 cm³/mol. The van der Waals surface area contributed by atoms with Gasteiger partial charge in [0.25, 0.3) is 0 Å². The lowest BCUT2D eigenvalue weighted by atomic mass is 9.92. The van der Waals surface area contributed by atoms with Crippen LogP contribution in [0.1, 0.15) is 71.1 Å². The summed E-state index contributed by atoms with van der Waals surface area (Å²) in [5.41, 5.74) is 2.73. The lowest BCUT2D eigenvalue weighted by molar-refractivity contribution is -0.135. The molecule has 0 saturated heterocycles. The number of anilines is 1. The SMILES string of the molecule is CCCCCCC(=O)N(CCOC)CC(=O)Nc1cc(C(C)(C)C)nn1-c1ccc(C)cc1. The first-order chi connectivity index (χ1) is 15.7. The number of amides is 2. The number of carbonyl (C=O) groups is 2. The number of methoxy groups -OCH3 is 1. The summed E-state index contributed by atoms with van der Waals surface area (Å²) in [6.07, 6.45) is 4.55. The van der Waals surface area contributed by atoms with Gasteiger partial charge in [0.2, 0.25) is 11.8 Å². The second kappa shape index (κ2) is 12.5. The van der Waals surface area contributed by atoms with Gasteiger partial charge in [-0.1, -0.05) is 64.7 Å². The summed E-state index contributed by atoms with van der Waals surface area (Å²) in [6.45, 7) is 11.2. The van der Waals surface area contributed by atoms with E-state index in [4.69, 9.17) is 9.84 Å². The highest BCUT2D eigenvalue weighted by atomic mass is 16.5. The highest BCUT2D eigenvalue weighted by Gasteiger charge is 2.23. The van der Waals surface area contributed by atoms with Crippen LogP contribution in [0, 0.1) is 6.92 Å². The Morgan fingerprint density at radius 2 is 1.82 bits per heavy atom. The van der Waals surface area contributed by atoms with Crippen molar-refractivity contribution in [1.29, 1.82) is 0 Å². The zero-order valence-electron chi connectivity index (χ0n) is 21.1. The molecule has 0 atom stereocenters. The molecule has 0 aliphatic carbocycles. The monoisotopic (exact) mass is 456 g/mol. The Balaban J connectivity index is 2.17. The van der Waals surface area contributed by atoms with E-state index in [2.05, 4.69) is 33.0 Å². The average molecular weight is 457 g/mol. The normalized spacial score (nSPS) is 11.5. The van der Waals surface area contributed by atoms with Gasteiger partial charge >= 0.3 is 0 Å². The van der Waals surface area contributed by atoms with E-state index in [-0.39, 0.29) is 23.8 Å². The number of ether oxygens (including phenoxy) is 1. The summed E-state index contributed by atoms with van der Waals surface area (Å²) in [4.78, 5) is 27.3. The van der Waals surface area contributed by atoms with E-state index in [0.717, 1.165) is 42.6 Å². The molecule has 1 heterocycles. The van der Waals surface area contributed by atoms with Gasteiger partial charge < -0.3 is 15.0 Å². The van der Waals surface area contributed by atoms with Crippen LogP contribution in [0.5, 0.6) is 0 Å². The summed E-state index contributed by atoms with van der Waals surface area (Å²) in [6, 6.07) is 9.90. The largest absolute Gasteiger partial charge is 0.383 e. The Labute approximate surface area is 198 Å². The molecule has 1 aromatic carbocycles. The van der Waals surface area contributed by atoms with E-state index >= 15 is 0 Å². The maximum absolute atomic E-state index is 13.0. The lowest BCUT2D eigenvalue weighted by Crippen LogP contribution is -2.40. The summed E-state index contributed by atoms with van der Waals surface area (Å²) in [5.74, 6) is 0.332. The van der Waals surface area contributed by atoms with E-state index in [1.807, 2.05) is 37.3 Å². The number of nitrogens with one attached hydrogen (secondary N) is 1. The Kier molecular flexibility index (Phi) is 10.1. The molecule has 0 spiro atoms. The Hall–Kier alpha value is -2.67. The van der Waals surface area contributed by atoms with E-state index in [9.17, 15) is 9.59 Å². The van der Waals surface area contributed by atoms with Crippen molar-refractivity contribution >= 4 is 17.6 Å². The van der Waals surface area contributed by atoms with Crippen molar-refractivity contribution < 1.29 is 14.3 Å². The zero-order chi connectivity index (χ0) is 24.4.